The van der Waals surface area contributed by atoms with Crippen LogP contribution in [0.4, 0.5) is 0 Å². The fraction of sp³-hybridized carbons (Fsp3) is 0.562. The van der Waals surface area contributed by atoms with E-state index in [-0.39, 0.29) is 12.3 Å². The zero-order valence-electron chi connectivity index (χ0n) is 11.3. The van der Waals surface area contributed by atoms with Crippen molar-refractivity contribution < 1.29 is 9.90 Å². The number of benzene rings is 1. The molecule has 0 radical (unpaired) electrons. The first-order valence-electron chi connectivity index (χ1n) is 6.86. The predicted molar refractivity (Wildman–Crippen MR) is 72.9 cm³/mol. The van der Waals surface area contributed by atoms with Gasteiger partial charge in [0.25, 0.3) is 0 Å². The molecule has 1 N–H and O–H groups in total. The van der Waals surface area contributed by atoms with Gasteiger partial charge in [-0.3, -0.25) is 4.79 Å². The molecular weight excluding hydrogens is 224 g/mol. The Bertz CT molecular complexity index is 410. The Balaban J connectivity index is 2.28. The third-order valence-corrected chi connectivity index (χ3v) is 4.04. The van der Waals surface area contributed by atoms with Gasteiger partial charge in [0.15, 0.2) is 0 Å². The van der Waals surface area contributed by atoms with Gasteiger partial charge in [-0.2, -0.15) is 0 Å². The van der Waals surface area contributed by atoms with Crippen LogP contribution < -0.4 is 0 Å². The van der Waals surface area contributed by atoms with E-state index in [0.717, 1.165) is 0 Å². The maximum atomic E-state index is 11.1. The minimum Gasteiger partial charge on any atom is -0.481 e. The highest BCUT2D eigenvalue weighted by Crippen LogP contribution is 2.39. The summed E-state index contributed by atoms with van der Waals surface area (Å²) in [5, 5.41) is 9.14. The van der Waals surface area contributed by atoms with Crippen molar-refractivity contribution in [3.05, 3.63) is 34.9 Å². The Kier molecular flexibility index (Phi) is 4.05. The third-order valence-electron chi connectivity index (χ3n) is 4.04. The van der Waals surface area contributed by atoms with E-state index >= 15 is 0 Å². The molecular formula is C16H22O2. The second-order valence-electron chi connectivity index (χ2n) is 5.67. The smallest absolute Gasteiger partial charge is 0.303 e. The molecule has 0 aromatic heterocycles. The zero-order valence-corrected chi connectivity index (χ0v) is 11.3. The fourth-order valence-electron chi connectivity index (χ4n) is 3.33. The van der Waals surface area contributed by atoms with Gasteiger partial charge in [-0.1, -0.05) is 42.2 Å². The van der Waals surface area contributed by atoms with Crippen LogP contribution >= 0.6 is 0 Å². The lowest BCUT2D eigenvalue weighted by Crippen LogP contribution is -2.14. The van der Waals surface area contributed by atoms with Crippen LogP contribution in [0.1, 0.15) is 54.7 Å². The van der Waals surface area contributed by atoms with Crippen LogP contribution in [0.25, 0.3) is 0 Å². The van der Waals surface area contributed by atoms with Crippen LogP contribution in [0.15, 0.2) is 18.2 Å². The average molecular weight is 246 g/mol. The summed E-state index contributed by atoms with van der Waals surface area (Å²) in [6.45, 7) is 4.17. The molecule has 2 heteroatoms. The second kappa shape index (κ2) is 5.55. The van der Waals surface area contributed by atoms with Gasteiger partial charge in [0.1, 0.15) is 0 Å². The molecule has 0 amide bonds. The second-order valence-corrected chi connectivity index (χ2v) is 5.67. The van der Waals surface area contributed by atoms with Crippen LogP contribution in [0.3, 0.4) is 0 Å². The number of aliphatic carboxylic acids is 1. The van der Waals surface area contributed by atoms with Crippen molar-refractivity contribution in [3.63, 3.8) is 0 Å². The number of carboxylic acids is 1. The van der Waals surface area contributed by atoms with Crippen molar-refractivity contribution in [3.8, 4) is 0 Å². The number of aryl methyl sites for hydroxylation is 2. The lowest BCUT2D eigenvalue weighted by atomic mass is 9.81. The third kappa shape index (κ3) is 3.12. The number of carboxylic acid groups (broad SMARTS) is 1. The van der Waals surface area contributed by atoms with Gasteiger partial charge in [0.05, 0.1) is 6.42 Å². The molecule has 98 valence electrons. The molecule has 0 saturated heterocycles. The molecule has 0 aliphatic heterocycles. The van der Waals surface area contributed by atoms with Crippen LogP contribution in [0.5, 0.6) is 0 Å². The molecule has 1 unspecified atom stereocenters. The molecule has 0 spiro atoms. The van der Waals surface area contributed by atoms with Crippen molar-refractivity contribution in [2.75, 3.05) is 0 Å². The van der Waals surface area contributed by atoms with Crippen LogP contribution in [-0.2, 0) is 4.79 Å². The quantitative estimate of drug-likeness (QED) is 0.870. The highest BCUT2D eigenvalue weighted by Gasteiger charge is 2.28. The minimum absolute atomic E-state index is 0.198. The lowest BCUT2D eigenvalue weighted by molar-refractivity contribution is -0.137. The van der Waals surface area contributed by atoms with E-state index in [1.165, 1.54) is 42.4 Å². The number of carbonyl (C=O) groups is 1. The molecule has 1 aliphatic carbocycles. The summed E-state index contributed by atoms with van der Waals surface area (Å²) in [6.07, 6.45) is 5.15. The Morgan fingerprint density at radius 2 is 1.78 bits per heavy atom. The Labute approximate surface area is 109 Å². The summed E-state index contributed by atoms with van der Waals surface area (Å²) in [5.41, 5.74) is 3.69. The van der Waals surface area contributed by atoms with E-state index in [1.807, 2.05) is 0 Å². The normalized spacial score (nSPS) is 17.9. The Morgan fingerprint density at radius 3 is 2.28 bits per heavy atom. The van der Waals surface area contributed by atoms with Crippen molar-refractivity contribution in [1.82, 2.24) is 0 Å². The van der Waals surface area contributed by atoms with E-state index in [4.69, 9.17) is 5.11 Å². The van der Waals surface area contributed by atoms with E-state index in [0.29, 0.717) is 5.92 Å². The van der Waals surface area contributed by atoms with E-state index in [9.17, 15) is 4.79 Å². The average Bonchev–Trinajstić information content (AvgIpc) is 2.77. The van der Waals surface area contributed by atoms with Gasteiger partial charge in [0.2, 0.25) is 0 Å². The molecule has 0 heterocycles. The molecule has 1 saturated carbocycles. The highest BCUT2D eigenvalue weighted by molar-refractivity contribution is 5.68. The van der Waals surface area contributed by atoms with Crippen LogP contribution in [0, 0.1) is 19.8 Å². The molecule has 1 aliphatic rings. The minimum atomic E-state index is -0.675. The van der Waals surface area contributed by atoms with Crippen molar-refractivity contribution in [1.29, 1.82) is 0 Å². The van der Waals surface area contributed by atoms with E-state index in [2.05, 4.69) is 32.0 Å². The molecule has 18 heavy (non-hydrogen) atoms. The zero-order chi connectivity index (χ0) is 13.1. The summed E-state index contributed by atoms with van der Waals surface area (Å²) in [7, 11) is 0. The fourth-order valence-corrected chi connectivity index (χ4v) is 3.33. The molecule has 0 bridgehead atoms. The summed E-state index contributed by atoms with van der Waals surface area (Å²) in [5.74, 6) is 0.0805. The first-order valence-corrected chi connectivity index (χ1v) is 6.86. The first-order chi connectivity index (χ1) is 8.56. The maximum absolute atomic E-state index is 11.1. The van der Waals surface area contributed by atoms with Crippen LogP contribution in [-0.4, -0.2) is 11.1 Å². The van der Waals surface area contributed by atoms with Crippen molar-refractivity contribution in [2.24, 2.45) is 5.92 Å². The predicted octanol–water partition coefficient (Wildman–Crippen LogP) is 4.05. The maximum Gasteiger partial charge on any atom is 0.303 e. The molecule has 1 atom stereocenters. The van der Waals surface area contributed by atoms with Gasteiger partial charge in [-0.15, -0.1) is 0 Å². The number of hydrogen-bond donors (Lipinski definition) is 1. The summed E-state index contributed by atoms with van der Waals surface area (Å²) >= 11 is 0. The van der Waals surface area contributed by atoms with Crippen molar-refractivity contribution in [2.45, 2.75) is 51.9 Å². The topological polar surface area (TPSA) is 37.3 Å². The van der Waals surface area contributed by atoms with Crippen LogP contribution in [0.2, 0.25) is 0 Å². The van der Waals surface area contributed by atoms with Gasteiger partial charge in [0, 0.05) is 0 Å². The largest absolute Gasteiger partial charge is 0.481 e. The standard InChI is InChI=1S/C16H22O2/c1-11-7-12(2)9-14(8-11)15(10-16(17)18)13-5-3-4-6-13/h7-9,13,15H,3-6,10H2,1-2H3,(H,17,18). The number of hydrogen-bond acceptors (Lipinski definition) is 1. The molecule has 1 fully saturated rings. The molecule has 1 aromatic carbocycles. The summed E-state index contributed by atoms with van der Waals surface area (Å²) in [6, 6.07) is 6.48. The monoisotopic (exact) mass is 246 g/mol. The SMILES string of the molecule is Cc1cc(C)cc(C(CC(=O)O)C2CCCC2)c1. The van der Waals surface area contributed by atoms with Gasteiger partial charge >= 0.3 is 5.97 Å². The first kappa shape index (κ1) is 13.1. The summed E-state index contributed by atoms with van der Waals surface area (Å²) in [4.78, 5) is 11.1. The summed E-state index contributed by atoms with van der Waals surface area (Å²) < 4.78 is 0. The lowest BCUT2D eigenvalue weighted by Gasteiger charge is -2.23. The Hall–Kier alpha value is -1.31. The molecule has 2 nitrogen and oxygen atoms in total. The Morgan fingerprint density at radius 1 is 1.22 bits per heavy atom. The highest BCUT2D eigenvalue weighted by atomic mass is 16.4. The number of rotatable bonds is 4. The van der Waals surface area contributed by atoms with Gasteiger partial charge < -0.3 is 5.11 Å². The van der Waals surface area contributed by atoms with Gasteiger partial charge in [-0.25, -0.2) is 0 Å². The van der Waals surface area contributed by atoms with E-state index < -0.39 is 5.97 Å². The molecule has 1 aromatic rings. The van der Waals surface area contributed by atoms with Gasteiger partial charge in [-0.05, 0) is 44.1 Å². The van der Waals surface area contributed by atoms with Crippen molar-refractivity contribution >= 4 is 5.97 Å². The molecule has 2 rings (SSSR count). The van der Waals surface area contributed by atoms with E-state index in [1.54, 1.807) is 0 Å².